The Morgan fingerprint density at radius 2 is 1.81 bits per heavy atom. The molecule has 0 aromatic heterocycles. The van der Waals surface area contributed by atoms with Gasteiger partial charge >= 0.3 is 0 Å². The zero-order valence-corrected chi connectivity index (χ0v) is 19.4. The lowest BCUT2D eigenvalue weighted by Crippen LogP contribution is -2.50. The molecular weight excluding hydrogens is 468 g/mol. The van der Waals surface area contributed by atoms with E-state index in [1.54, 1.807) is 6.07 Å². The molecule has 0 unspecified atom stereocenters. The van der Waals surface area contributed by atoms with E-state index in [1.165, 1.54) is 50.4 Å². The fourth-order valence-corrected chi connectivity index (χ4v) is 4.30. The van der Waals surface area contributed by atoms with Gasteiger partial charge in [-0.25, -0.2) is 12.8 Å². The van der Waals surface area contributed by atoms with Crippen molar-refractivity contribution in [1.29, 1.82) is 0 Å². The first-order valence-electron chi connectivity index (χ1n) is 9.13. The summed E-state index contributed by atoms with van der Waals surface area (Å²) >= 11 is 12.0. The monoisotopic (exact) mass is 489 g/mol. The molecule has 0 saturated carbocycles. The minimum atomic E-state index is -3.93. The smallest absolute Gasteiger partial charge is 0.244 e. The van der Waals surface area contributed by atoms with E-state index in [0.29, 0.717) is 5.02 Å². The van der Waals surface area contributed by atoms with Crippen molar-refractivity contribution < 1.29 is 22.4 Å². The molecule has 0 fully saturated rings. The molecule has 0 spiro atoms. The summed E-state index contributed by atoms with van der Waals surface area (Å²) in [5.74, 6) is -1.75. The Kier molecular flexibility index (Phi) is 8.27. The third-order valence-electron chi connectivity index (χ3n) is 4.57. The number of halogens is 3. The number of carbonyl (C=O) groups is 2. The number of hydrogen-bond acceptors (Lipinski definition) is 4. The number of carbonyl (C=O) groups excluding carboxylic acids is 2. The number of sulfonamides is 1. The van der Waals surface area contributed by atoms with Crippen molar-refractivity contribution in [1.82, 2.24) is 10.2 Å². The van der Waals surface area contributed by atoms with Crippen LogP contribution in [0.3, 0.4) is 0 Å². The van der Waals surface area contributed by atoms with Gasteiger partial charge in [0.15, 0.2) is 0 Å². The Morgan fingerprint density at radius 1 is 1.16 bits per heavy atom. The van der Waals surface area contributed by atoms with E-state index in [1.807, 2.05) is 0 Å². The van der Waals surface area contributed by atoms with Crippen LogP contribution in [-0.2, 0) is 26.2 Å². The summed E-state index contributed by atoms with van der Waals surface area (Å²) in [6.45, 7) is 0.597. The largest absolute Gasteiger partial charge is 0.357 e. The summed E-state index contributed by atoms with van der Waals surface area (Å²) < 4.78 is 39.9. The van der Waals surface area contributed by atoms with Crippen molar-refractivity contribution in [3.8, 4) is 0 Å². The Hall–Kier alpha value is -2.36. The zero-order valence-electron chi connectivity index (χ0n) is 17.1. The predicted molar refractivity (Wildman–Crippen MR) is 119 cm³/mol. The topological polar surface area (TPSA) is 86.8 Å². The molecule has 2 amide bonds. The second-order valence-corrected chi connectivity index (χ2v) is 9.52. The number of nitrogens with one attached hydrogen (secondary N) is 1. The zero-order chi connectivity index (χ0) is 23.3. The fourth-order valence-electron chi connectivity index (χ4n) is 2.88. The maximum Gasteiger partial charge on any atom is 0.244 e. The number of nitrogens with zero attached hydrogens (tertiary/aromatic N) is 2. The van der Waals surface area contributed by atoms with Crippen LogP contribution >= 0.6 is 23.2 Å². The van der Waals surface area contributed by atoms with Crippen LogP contribution in [0.4, 0.5) is 10.1 Å². The van der Waals surface area contributed by atoms with Crippen LogP contribution in [0.25, 0.3) is 0 Å². The molecule has 2 aromatic carbocycles. The average molecular weight is 490 g/mol. The molecule has 31 heavy (non-hydrogen) atoms. The van der Waals surface area contributed by atoms with Crippen LogP contribution in [0.1, 0.15) is 12.5 Å². The highest BCUT2D eigenvalue weighted by atomic mass is 35.5. The van der Waals surface area contributed by atoms with Crippen molar-refractivity contribution in [2.45, 2.75) is 19.5 Å². The molecule has 0 bridgehead atoms. The van der Waals surface area contributed by atoms with Gasteiger partial charge in [0.05, 0.1) is 17.0 Å². The molecule has 2 aromatic rings. The number of rotatable bonds is 8. The quantitative estimate of drug-likeness (QED) is 0.617. The summed E-state index contributed by atoms with van der Waals surface area (Å²) in [7, 11) is -2.53. The number of anilines is 1. The maximum atomic E-state index is 14.2. The molecule has 1 atom stereocenters. The molecule has 0 aliphatic rings. The third kappa shape index (κ3) is 6.32. The second-order valence-electron chi connectivity index (χ2n) is 6.77. The lowest BCUT2D eigenvalue weighted by molar-refractivity contribution is -0.139. The van der Waals surface area contributed by atoms with Crippen LogP contribution in [0.5, 0.6) is 0 Å². The standard InChI is InChI=1S/C20H22Cl2FN3O4S/c1-13(20(28)24-2)25(11-14-6-4-5-7-17(14)23)19(27)12-26(31(3,29)30)18-9-8-15(21)10-16(18)22/h4-10,13H,11-12H2,1-3H3,(H,24,28)/t13-/m1/s1. The van der Waals surface area contributed by atoms with E-state index in [4.69, 9.17) is 23.2 Å². The van der Waals surface area contributed by atoms with Crippen LogP contribution in [0.15, 0.2) is 42.5 Å². The van der Waals surface area contributed by atoms with Crippen molar-refractivity contribution in [3.05, 3.63) is 63.9 Å². The Labute approximate surface area is 190 Å². The number of likely N-dealkylation sites (N-methyl/N-ethyl adjacent to an activating group) is 1. The van der Waals surface area contributed by atoms with Crippen molar-refractivity contribution in [2.75, 3.05) is 24.2 Å². The molecule has 7 nitrogen and oxygen atoms in total. The van der Waals surface area contributed by atoms with Crippen LogP contribution in [-0.4, -0.2) is 51.0 Å². The van der Waals surface area contributed by atoms with Gasteiger partial charge in [-0.05, 0) is 31.2 Å². The summed E-state index contributed by atoms with van der Waals surface area (Å²) in [5.41, 5.74) is 0.238. The lowest BCUT2D eigenvalue weighted by Gasteiger charge is -2.31. The van der Waals surface area contributed by atoms with Gasteiger partial charge in [0.1, 0.15) is 18.4 Å². The Morgan fingerprint density at radius 3 is 2.35 bits per heavy atom. The highest BCUT2D eigenvalue weighted by Crippen LogP contribution is 2.30. The lowest BCUT2D eigenvalue weighted by atomic mass is 10.1. The van der Waals surface area contributed by atoms with E-state index in [0.717, 1.165) is 15.5 Å². The van der Waals surface area contributed by atoms with Crippen LogP contribution in [0, 0.1) is 5.82 Å². The minimum Gasteiger partial charge on any atom is -0.357 e. The first-order chi connectivity index (χ1) is 14.5. The van der Waals surface area contributed by atoms with Gasteiger partial charge < -0.3 is 10.2 Å². The van der Waals surface area contributed by atoms with Crippen molar-refractivity contribution in [2.24, 2.45) is 0 Å². The van der Waals surface area contributed by atoms with E-state index >= 15 is 0 Å². The first kappa shape index (κ1) is 24.9. The second kappa shape index (κ2) is 10.3. The van der Waals surface area contributed by atoms with E-state index in [2.05, 4.69) is 5.32 Å². The van der Waals surface area contributed by atoms with Crippen LogP contribution in [0.2, 0.25) is 10.0 Å². The number of benzene rings is 2. The van der Waals surface area contributed by atoms with Gasteiger partial charge in [0.2, 0.25) is 21.8 Å². The minimum absolute atomic E-state index is 0.0331. The summed E-state index contributed by atoms with van der Waals surface area (Å²) in [6, 6.07) is 9.00. The maximum absolute atomic E-state index is 14.2. The Balaban J connectivity index is 2.43. The van der Waals surface area contributed by atoms with Gasteiger partial charge in [-0.1, -0.05) is 41.4 Å². The summed E-state index contributed by atoms with van der Waals surface area (Å²) in [6.07, 6.45) is 0.925. The average Bonchev–Trinajstić information content (AvgIpc) is 2.70. The first-order valence-corrected chi connectivity index (χ1v) is 11.7. The molecule has 2 rings (SSSR count). The normalized spacial score (nSPS) is 12.2. The van der Waals surface area contributed by atoms with E-state index in [9.17, 15) is 22.4 Å². The summed E-state index contributed by atoms with van der Waals surface area (Å²) in [5, 5.41) is 2.76. The molecule has 0 radical (unpaired) electrons. The van der Waals surface area contributed by atoms with Gasteiger partial charge in [-0.2, -0.15) is 0 Å². The number of amides is 2. The van der Waals surface area contributed by atoms with Gasteiger partial charge in [0, 0.05) is 24.2 Å². The molecule has 0 saturated heterocycles. The molecule has 1 N–H and O–H groups in total. The van der Waals surface area contributed by atoms with E-state index < -0.39 is 40.2 Å². The SMILES string of the molecule is CNC(=O)[C@@H](C)N(Cc1ccccc1F)C(=O)CN(c1ccc(Cl)cc1Cl)S(C)(=O)=O. The van der Waals surface area contributed by atoms with E-state index in [-0.39, 0.29) is 22.8 Å². The van der Waals surface area contributed by atoms with Crippen LogP contribution < -0.4 is 9.62 Å². The van der Waals surface area contributed by atoms with Crippen molar-refractivity contribution >= 4 is 50.7 Å². The fraction of sp³-hybridized carbons (Fsp3) is 0.300. The molecular formula is C20H22Cl2FN3O4S. The molecule has 168 valence electrons. The third-order valence-corrected chi connectivity index (χ3v) is 6.23. The molecule has 0 heterocycles. The van der Waals surface area contributed by atoms with Gasteiger partial charge in [0.25, 0.3) is 0 Å². The highest BCUT2D eigenvalue weighted by molar-refractivity contribution is 7.92. The highest BCUT2D eigenvalue weighted by Gasteiger charge is 2.30. The van der Waals surface area contributed by atoms with Gasteiger partial charge in [-0.3, -0.25) is 13.9 Å². The van der Waals surface area contributed by atoms with Crippen molar-refractivity contribution in [3.63, 3.8) is 0 Å². The van der Waals surface area contributed by atoms with Gasteiger partial charge in [-0.15, -0.1) is 0 Å². The Bertz CT molecular complexity index is 1080. The molecule has 0 aliphatic heterocycles. The predicted octanol–water partition coefficient (Wildman–Crippen LogP) is 3.06. The summed E-state index contributed by atoms with van der Waals surface area (Å²) in [4.78, 5) is 26.5. The number of hydrogen-bond donors (Lipinski definition) is 1. The molecule has 0 aliphatic carbocycles. The molecule has 11 heteroatoms.